The molecule has 17 heavy (non-hydrogen) atoms. The van der Waals surface area contributed by atoms with Gasteiger partial charge in [0, 0.05) is 16.7 Å². The summed E-state index contributed by atoms with van der Waals surface area (Å²) in [5, 5.41) is 9.09. The maximum Gasteiger partial charge on any atom is 0.328 e. The largest absolute Gasteiger partial charge is 0.478 e. The third kappa shape index (κ3) is 2.67. The lowest BCUT2D eigenvalue weighted by molar-refractivity contribution is -0.131. The number of hydrogen-bond donors (Lipinski definition) is 1. The van der Waals surface area contributed by atoms with Gasteiger partial charge in [-0.1, -0.05) is 23.2 Å². The molecule has 0 saturated heterocycles. The molecule has 0 heterocycles. The lowest BCUT2D eigenvalue weighted by Crippen LogP contribution is -1.98. The molecule has 0 aromatic heterocycles. The first-order valence-corrected chi connectivity index (χ1v) is 5.82. The Morgan fingerprint density at radius 3 is 2.94 bits per heavy atom. The fourth-order valence-electron chi connectivity index (χ4n) is 2.33. The van der Waals surface area contributed by atoms with Gasteiger partial charge in [0.25, 0.3) is 0 Å². The van der Waals surface area contributed by atoms with E-state index in [4.69, 9.17) is 16.7 Å². The molecule has 1 aliphatic carbocycles. The monoisotopic (exact) mass is 254 g/mol. The van der Waals surface area contributed by atoms with E-state index in [9.17, 15) is 9.18 Å². The lowest BCUT2D eigenvalue weighted by Gasteiger charge is -2.12. The summed E-state index contributed by atoms with van der Waals surface area (Å²) in [6.07, 6.45) is 3.24. The zero-order valence-electron chi connectivity index (χ0n) is 9.12. The molecule has 1 atom stereocenters. The quantitative estimate of drug-likeness (QED) is 0.816. The van der Waals surface area contributed by atoms with Crippen LogP contribution in [0.3, 0.4) is 0 Å². The Morgan fingerprint density at radius 1 is 1.53 bits per heavy atom. The van der Waals surface area contributed by atoms with E-state index >= 15 is 0 Å². The molecule has 0 bridgehead atoms. The highest BCUT2D eigenvalue weighted by Gasteiger charge is 2.25. The second-order valence-electron chi connectivity index (χ2n) is 4.22. The fourth-order valence-corrected chi connectivity index (χ4v) is 2.65. The summed E-state index contributed by atoms with van der Waals surface area (Å²) < 4.78 is 13.7. The van der Waals surface area contributed by atoms with Gasteiger partial charge in [0.1, 0.15) is 5.82 Å². The summed E-state index contributed by atoms with van der Waals surface area (Å²) in [5.74, 6) is -1.26. The van der Waals surface area contributed by atoms with Gasteiger partial charge in [-0.3, -0.25) is 0 Å². The van der Waals surface area contributed by atoms with Gasteiger partial charge in [-0.25, -0.2) is 9.18 Å². The van der Waals surface area contributed by atoms with Gasteiger partial charge >= 0.3 is 5.97 Å². The number of allylic oxidation sites excluding steroid dienone is 1. The molecule has 1 unspecified atom stereocenters. The van der Waals surface area contributed by atoms with Crippen LogP contribution in [-0.2, 0) is 4.79 Å². The van der Waals surface area contributed by atoms with Crippen molar-refractivity contribution in [2.45, 2.75) is 25.2 Å². The van der Waals surface area contributed by atoms with Crippen LogP contribution in [0.1, 0.15) is 30.7 Å². The summed E-state index contributed by atoms with van der Waals surface area (Å²) in [4.78, 5) is 10.6. The van der Waals surface area contributed by atoms with Crippen LogP contribution >= 0.6 is 11.6 Å². The van der Waals surface area contributed by atoms with Crippen LogP contribution in [0.25, 0.3) is 0 Å². The van der Waals surface area contributed by atoms with Crippen molar-refractivity contribution >= 4 is 17.6 Å². The van der Waals surface area contributed by atoms with E-state index in [1.165, 1.54) is 12.1 Å². The van der Waals surface area contributed by atoms with Crippen molar-refractivity contribution in [2.75, 3.05) is 0 Å². The Labute approximate surface area is 104 Å². The molecule has 0 aliphatic heterocycles. The topological polar surface area (TPSA) is 37.3 Å². The minimum atomic E-state index is -0.944. The highest BCUT2D eigenvalue weighted by atomic mass is 35.5. The van der Waals surface area contributed by atoms with E-state index < -0.39 is 5.97 Å². The third-order valence-corrected chi connectivity index (χ3v) is 3.39. The molecule has 1 N–H and O–H groups in total. The third-order valence-electron chi connectivity index (χ3n) is 3.06. The van der Waals surface area contributed by atoms with Gasteiger partial charge in [-0.05, 0) is 37.3 Å². The Morgan fingerprint density at radius 2 is 2.29 bits per heavy atom. The maximum absolute atomic E-state index is 13.7. The molecule has 1 aromatic rings. The van der Waals surface area contributed by atoms with Crippen molar-refractivity contribution in [3.63, 3.8) is 0 Å². The molecule has 0 radical (unpaired) electrons. The molecule has 90 valence electrons. The minimum absolute atomic E-state index is 0.00528. The normalized spacial score (nSPS) is 22.0. The summed E-state index contributed by atoms with van der Waals surface area (Å²) in [7, 11) is 0. The highest BCUT2D eigenvalue weighted by Crippen LogP contribution is 2.41. The van der Waals surface area contributed by atoms with Crippen LogP contribution < -0.4 is 0 Å². The Balaban J connectivity index is 2.24. The molecular weight excluding hydrogens is 243 g/mol. The molecule has 2 nitrogen and oxygen atoms in total. The number of carboxylic acid groups (broad SMARTS) is 1. The molecule has 1 fully saturated rings. The zero-order chi connectivity index (χ0) is 12.4. The maximum atomic E-state index is 13.7. The Bertz CT molecular complexity index is 462. The van der Waals surface area contributed by atoms with Crippen LogP contribution in [0.4, 0.5) is 4.39 Å². The summed E-state index contributed by atoms with van der Waals surface area (Å²) in [5.41, 5.74) is 1.37. The van der Waals surface area contributed by atoms with Gasteiger partial charge in [-0.15, -0.1) is 0 Å². The van der Waals surface area contributed by atoms with Crippen molar-refractivity contribution in [1.82, 2.24) is 0 Å². The molecule has 4 heteroatoms. The molecule has 1 aliphatic rings. The SMILES string of the molecule is O=C(O)/C=C1\CCC(c2c(F)cccc2Cl)C1. The molecular formula is C13H12ClFO2. The van der Waals surface area contributed by atoms with E-state index in [-0.39, 0.29) is 11.7 Å². The van der Waals surface area contributed by atoms with E-state index in [1.54, 1.807) is 12.1 Å². The molecule has 1 saturated carbocycles. The van der Waals surface area contributed by atoms with E-state index in [2.05, 4.69) is 0 Å². The molecule has 0 amide bonds. The first-order valence-electron chi connectivity index (χ1n) is 5.44. The van der Waals surface area contributed by atoms with Gasteiger partial charge < -0.3 is 5.11 Å². The van der Waals surface area contributed by atoms with Gasteiger partial charge in [0.15, 0.2) is 0 Å². The van der Waals surface area contributed by atoms with Crippen molar-refractivity contribution in [3.8, 4) is 0 Å². The summed E-state index contributed by atoms with van der Waals surface area (Å²) >= 11 is 5.99. The predicted molar refractivity (Wildman–Crippen MR) is 63.7 cm³/mol. The minimum Gasteiger partial charge on any atom is -0.478 e. The van der Waals surface area contributed by atoms with Crippen molar-refractivity contribution in [1.29, 1.82) is 0 Å². The number of hydrogen-bond acceptors (Lipinski definition) is 1. The number of carboxylic acids is 1. The fraction of sp³-hybridized carbons (Fsp3) is 0.308. The zero-order valence-corrected chi connectivity index (χ0v) is 9.88. The van der Waals surface area contributed by atoms with E-state index in [0.29, 0.717) is 23.4 Å². The average molecular weight is 255 g/mol. The summed E-state index contributed by atoms with van der Waals surface area (Å²) in [6, 6.07) is 4.63. The lowest BCUT2D eigenvalue weighted by atomic mass is 9.96. The highest BCUT2D eigenvalue weighted by molar-refractivity contribution is 6.31. The van der Waals surface area contributed by atoms with Crippen LogP contribution in [0, 0.1) is 5.82 Å². The van der Waals surface area contributed by atoms with Gasteiger partial charge in [0.2, 0.25) is 0 Å². The van der Waals surface area contributed by atoms with Crippen molar-refractivity contribution in [3.05, 3.63) is 46.3 Å². The van der Waals surface area contributed by atoms with Crippen LogP contribution in [0.2, 0.25) is 5.02 Å². The molecule has 0 spiro atoms. The van der Waals surface area contributed by atoms with E-state index in [0.717, 1.165) is 12.0 Å². The van der Waals surface area contributed by atoms with Crippen LogP contribution in [0.15, 0.2) is 29.8 Å². The van der Waals surface area contributed by atoms with Crippen molar-refractivity contribution < 1.29 is 14.3 Å². The van der Waals surface area contributed by atoms with Crippen LogP contribution in [0.5, 0.6) is 0 Å². The second kappa shape index (κ2) is 4.88. The predicted octanol–water partition coefficient (Wildman–Crippen LogP) is 3.76. The molecule has 1 aromatic carbocycles. The second-order valence-corrected chi connectivity index (χ2v) is 4.62. The molecule has 2 rings (SSSR count). The van der Waals surface area contributed by atoms with E-state index in [1.807, 2.05) is 0 Å². The summed E-state index contributed by atoms with van der Waals surface area (Å²) in [6.45, 7) is 0. The average Bonchev–Trinajstić information content (AvgIpc) is 2.65. The Hall–Kier alpha value is -1.35. The number of halogens is 2. The van der Waals surface area contributed by atoms with Gasteiger partial charge in [0.05, 0.1) is 0 Å². The number of benzene rings is 1. The smallest absolute Gasteiger partial charge is 0.328 e. The number of carbonyl (C=O) groups is 1. The standard InChI is InChI=1S/C13H12ClFO2/c14-10-2-1-3-11(15)13(10)9-5-4-8(6-9)7-12(16)17/h1-3,7,9H,4-6H2,(H,16,17)/b8-7+. The number of rotatable bonds is 2. The first-order chi connectivity index (χ1) is 8.08. The van der Waals surface area contributed by atoms with Crippen molar-refractivity contribution in [2.24, 2.45) is 0 Å². The Kier molecular flexibility index (Phi) is 3.48. The van der Waals surface area contributed by atoms with Crippen LogP contribution in [-0.4, -0.2) is 11.1 Å². The van der Waals surface area contributed by atoms with Gasteiger partial charge in [-0.2, -0.15) is 0 Å². The number of aliphatic carboxylic acids is 1. The first kappa shape index (κ1) is 12.1.